The number of ether oxygens (including phenoxy) is 1. The number of primary amides is 1. The van der Waals surface area contributed by atoms with Crippen molar-refractivity contribution in [3.63, 3.8) is 0 Å². The van der Waals surface area contributed by atoms with Crippen molar-refractivity contribution in [1.29, 1.82) is 0 Å². The highest BCUT2D eigenvalue weighted by Crippen LogP contribution is 2.27. The number of amides is 1. The summed E-state index contributed by atoms with van der Waals surface area (Å²) in [6, 6.07) is 0.503. The summed E-state index contributed by atoms with van der Waals surface area (Å²) in [5, 5.41) is 3.40. The normalized spacial score (nSPS) is 29.0. The van der Waals surface area contributed by atoms with Crippen LogP contribution in [0.3, 0.4) is 0 Å². The minimum atomic E-state index is -0.540. The van der Waals surface area contributed by atoms with Crippen molar-refractivity contribution in [2.45, 2.75) is 89.3 Å². The molecule has 0 aromatic heterocycles. The molecule has 1 unspecified atom stereocenters. The number of unbranched alkanes of at least 4 members (excludes halogenated alkanes) is 1. The molecule has 0 aromatic carbocycles. The van der Waals surface area contributed by atoms with Crippen LogP contribution in [0.1, 0.15) is 71.6 Å². The van der Waals surface area contributed by atoms with Crippen molar-refractivity contribution in [2.24, 2.45) is 11.7 Å². The van der Waals surface area contributed by atoms with E-state index in [4.69, 9.17) is 10.5 Å². The molecule has 0 spiro atoms. The highest BCUT2D eigenvalue weighted by atomic mass is 16.5. The lowest BCUT2D eigenvalue weighted by Gasteiger charge is -2.28. The molecular formula is C17H32N2O2. The van der Waals surface area contributed by atoms with Gasteiger partial charge in [0.2, 0.25) is 5.91 Å². The third-order valence-corrected chi connectivity index (χ3v) is 5.03. The molecule has 0 bridgehead atoms. The zero-order valence-electron chi connectivity index (χ0n) is 13.7. The Morgan fingerprint density at radius 3 is 2.43 bits per heavy atom. The van der Waals surface area contributed by atoms with Gasteiger partial charge in [0, 0.05) is 12.6 Å². The van der Waals surface area contributed by atoms with Gasteiger partial charge in [0.1, 0.15) is 0 Å². The van der Waals surface area contributed by atoms with Gasteiger partial charge in [-0.05, 0) is 70.6 Å². The molecule has 2 aliphatic carbocycles. The lowest BCUT2D eigenvalue weighted by atomic mass is 9.89. The average molecular weight is 296 g/mol. The van der Waals surface area contributed by atoms with Crippen molar-refractivity contribution in [2.75, 3.05) is 6.61 Å². The Morgan fingerprint density at radius 2 is 1.86 bits per heavy atom. The molecule has 0 saturated heterocycles. The van der Waals surface area contributed by atoms with Gasteiger partial charge in [-0.25, -0.2) is 0 Å². The molecule has 0 heterocycles. The molecule has 4 heteroatoms. The third-order valence-electron chi connectivity index (χ3n) is 5.03. The van der Waals surface area contributed by atoms with Crippen LogP contribution in [-0.2, 0) is 9.53 Å². The van der Waals surface area contributed by atoms with E-state index >= 15 is 0 Å². The Kier molecular flexibility index (Phi) is 6.06. The number of hydrogen-bond donors (Lipinski definition) is 2. The van der Waals surface area contributed by atoms with Gasteiger partial charge in [-0.15, -0.1) is 0 Å². The summed E-state index contributed by atoms with van der Waals surface area (Å²) in [5.74, 6) is 0.645. The van der Waals surface area contributed by atoms with Crippen LogP contribution >= 0.6 is 0 Å². The number of hydrogen-bond acceptors (Lipinski definition) is 3. The maximum atomic E-state index is 11.7. The van der Waals surface area contributed by atoms with Gasteiger partial charge >= 0.3 is 0 Å². The average Bonchev–Trinajstić information content (AvgIpc) is 3.24. The van der Waals surface area contributed by atoms with E-state index in [-0.39, 0.29) is 5.91 Å². The zero-order valence-corrected chi connectivity index (χ0v) is 13.7. The molecule has 122 valence electrons. The number of rotatable bonds is 9. The van der Waals surface area contributed by atoms with Gasteiger partial charge in [0.05, 0.1) is 11.6 Å². The molecule has 1 amide bonds. The maximum absolute atomic E-state index is 11.7. The first-order chi connectivity index (χ1) is 9.99. The minimum absolute atomic E-state index is 0.225. The SMILES string of the molecule is CC1CCC(OCCCCC(C)(NC2CC2)C(N)=O)CC1. The smallest absolute Gasteiger partial charge is 0.237 e. The van der Waals surface area contributed by atoms with Crippen molar-refractivity contribution in [3.05, 3.63) is 0 Å². The highest BCUT2D eigenvalue weighted by molar-refractivity contribution is 5.84. The summed E-state index contributed by atoms with van der Waals surface area (Å²) < 4.78 is 5.96. The van der Waals surface area contributed by atoms with E-state index in [0.717, 1.165) is 31.8 Å². The fourth-order valence-electron chi connectivity index (χ4n) is 3.17. The van der Waals surface area contributed by atoms with Crippen LogP contribution in [0.5, 0.6) is 0 Å². The zero-order chi connectivity index (χ0) is 15.3. The summed E-state index contributed by atoms with van der Waals surface area (Å²) >= 11 is 0. The number of carbonyl (C=O) groups excluding carboxylic acids is 1. The van der Waals surface area contributed by atoms with E-state index in [1.54, 1.807) is 0 Å². The van der Waals surface area contributed by atoms with E-state index in [0.29, 0.717) is 12.1 Å². The standard InChI is InChI=1S/C17H32N2O2/c1-13-5-9-15(10-6-13)21-12-4-3-11-17(2,16(18)20)19-14-7-8-14/h13-15,19H,3-12H2,1-2H3,(H2,18,20). The molecule has 0 aromatic rings. The molecule has 2 fully saturated rings. The van der Waals surface area contributed by atoms with Gasteiger partial charge < -0.3 is 15.8 Å². The van der Waals surface area contributed by atoms with Crippen molar-refractivity contribution >= 4 is 5.91 Å². The number of carbonyl (C=O) groups is 1. The second-order valence-electron chi connectivity index (χ2n) is 7.32. The van der Waals surface area contributed by atoms with Crippen LogP contribution in [0, 0.1) is 5.92 Å². The molecule has 0 radical (unpaired) electrons. The summed E-state index contributed by atoms with van der Waals surface area (Å²) in [6.45, 7) is 5.09. The van der Waals surface area contributed by atoms with Crippen LogP contribution in [-0.4, -0.2) is 30.2 Å². The quantitative estimate of drug-likeness (QED) is 0.643. The van der Waals surface area contributed by atoms with Crippen LogP contribution in [0.2, 0.25) is 0 Å². The van der Waals surface area contributed by atoms with E-state index < -0.39 is 5.54 Å². The minimum Gasteiger partial charge on any atom is -0.378 e. The van der Waals surface area contributed by atoms with E-state index in [1.807, 2.05) is 6.92 Å². The second-order valence-corrected chi connectivity index (χ2v) is 7.32. The Hall–Kier alpha value is -0.610. The van der Waals surface area contributed by atoms with E-state index in [2.05, 4.69) is 12.2 Å². The van der Waals surface area contributed by atoms with Gasteiger partial charge in [0.15, 0.2) is 0 Å². The predicted molar refractivity (Wildman–Crippen MR) is 85.0 cm³/mol. The molecule has 21 heavy (non-hydrogen) atoms. The summed E-state index contributed by atoms with van der Waals surface area (Å²) in [4.78, 5) is 11.7. The van der Waals surface area contributed by atoms with Crippen molar-refractivity contribution < 1.29 is 9.53 Å². The van der Waals surface area contributed by atoms with Gasteiger partial charge in [-0.2, -0.15) is 0 Å². The second kappa shape index (κ2) is 7.59. The fourth-order valence-corrected chi connectivity index (χ4v) is 3.17. The molecule has 4 nitrogen and oxygen atoms in total. The Balaban J connectivity index is 1.58. The molecule has 2 aliphatic rings. The molecule has 2 saturated carbocycles. The van der Waals surface area contributed by atoms with Crippen LogP contribution < -0.4 is 11.1 Å². The summed E-state index contributed by atoms with van der Waals surface area (Å²) in [6.07, 6.45) is 10.7. The lowest BCUT2D eigenvalue weighted by Crippen LogP contribution is -2.53. The first-order valence-corrected chi connectivity index (χ1v) is 8.69. The van der Waals surface area contributed by atoms with Gasteiger partial charge in [-0.1, -0.05) is 6.92 Å². The fraction of sp³-hybridized carbons (Fsp3) is 0.941. The monoisotopic (exact) mass is 296 g/mol. The first kappa shape index (κ1) is 16.8. The van der Waals surface area contributed by atoms with Gasteiger partial charge in [-0.3, -0.25) is 4.79 Å². The number of nitrogens with one attached hydrogen (secondary N) is 1. The number of nitrogens with two attached hydrogens (primary N) is 1. The Labute approximate surface area is 129 Å². The molecule has 0 aliphatic heterocycles. The molecule has 3 N–H and O–H groups in total. The van der Waals surface area contributed by atoms with Crippen LogP contribution in [0.4, 0.5) is 0 Å². The van der Waals surface area contributed by atoms with Crippen LogP contribution in [0.25, 0.3) is 0 Å². The van der Waals surface area contributed by atoms with E-state index in [1.165, 1.54) is 38.5 Å². The Morgan fingerprint density at radius 1 is 1.19 bits per heavy atom. The van der Waals surface area contributed by atoms with E-state index in [9.17, 15) is 4.79 Å². The highest BCUT2D eigenvalue weighted by Gasteiger charge is 2.36. The summed E-state index contributed by atoms with van der Waals surface area (Å²) in [7, 11) is 0. The topological polar surface area (TPSA) is 64.3 Å². The van der Waals surface area contributed by atoms with Crippen LogP contribution in [0.15, 0.2) is 0 Å². The Bertz CT molecular complexity index is 336. The van der Waals surface area contributed by atoms with Gasteiger partial charge in [0.25, 0.3) is 0 Å². The predicted octanol–water partition coefficient (Wildman–Crippen LogP) is 2.75. The van der Waals surface area contributed by atoms with Crippen molar-refractivity contribution in [1.82, 2.24) is 5.32 Å². The largest absolute Gasteiger partial charge is 0.378 e. The molecular weight excluding hydrogens is 264 g/mol. The summed E-state index contributed by atoms with van der Waals surface area (Å²) in [5.41, 5.74) is 5.02. The third kappa shape index (κ3) is 5.59. The lowest BCUT2D eigenvalue weighted by molar-refractivity contribution is -0.124. The molecule has 2 rings (SSSR count). The first-order valence-electron chi connectivity index (χ1n) is 8.69. The van der Waals surface area contributed by atoms with Crippen molar-refractivity contribution in [3.8, 4) is 0 Å². The maximum Gasteiger partial charge on any atom is 0.237 e. The molecule has 1 atom stereocenters.